The molecule has 0 aromatic carbocycles. The molecule has 1 rings (SSSR count). The monoisotopic (exact) mass is 218 g/mol. The third-order valence-corrected chi connectivity index (χ3v) is 2.55. The lowest BCUT2D eigenvalue weighted by Gasteiger charge is -2.12. The van der Waals surface area contributed by atoms with E-state index in [1.807, 2.05) is 0 Å². The van der Waals surface area contributed by atoms with Crippen molar-refractivity contribution in [3.63, 3.8) is 0 Å². The molecular weight excluding hydrogens is 207 g/mol. The van der Waals surface area contributed by atoms with Gasteiger partial charge in [-0.15, -0.1) is 0 Å². The first-order valence-corrected chi connectivity index (χ1v) is 5.77. The molecule has 1 aliphatic carbocycles. The molecule has 0 amide bonds. The third-order valence-electron chi connectivity index (χ3n) is 1.88. The highest BCUT2D eigenvalue weighted by Gasteiger charge is 2.16. The Morgan fingerprint density at radius 1 is 1.43 bits per heavy atom. The van der Waals surface area contributed by atoms with E-state index in [1.54, 1.807) is 0 Å². The summed E-state index contributed by atoms with van der Waals surface area (Å²) in [7, 11) is -4.19. The number of hydrogen-bond donors (Lipinski definition) is 3. The van der Waals surface area contributed by atoms with Crippen molar-refractivity contribution in [2.75, 3.05) is 0 Å². The Kier molecular flexibility index (Phi) is 3.26. The molecule has 0 atom stereocenters. The fourth-order valence-electron chi connectivity index (χ4n) is 1.34. The van der Waals surface area contributed by atoms with E-state index in [0.29, 0.717) is 24.8 Å². The number of rotatable bonds is 2. The van der Waals surface area contributed by atoms with Crippen LogP contribution >= 0.6 is 7.60 Å². The van der Waals surface area contributed by atoms with Gasteiger partial charge in [-0.05, 0) is 30.9 Å². The van der Waals surface area contributed by atoms with Crippen molar-refractivity contribution in [1.82, 2.24) is 0 Å². The summed E-state index contributed by atoms with van der Waals surface area (Å²) in [6.07, 6.45) is 2.92. The van der Waals surface area contributed by atoms with E-state index in [0.717, 1.165) is 5.82 Å². The lowest BCUT2D eigenvalue weighted by atomic mass is 9.96. The van der Waals surface area contributed by atoms with Crippen LogP contribution in [0.3, 0.4) is 0 Å². The molecule has 5 nitrogen and oxygen atoms in total. The second-order valence-electron chi connectivity index (χ2n) is 3.12. The van der Waals surface area contributed by atoms with Crippen LogP contribution in [0, 0.1) is 0 Å². The van der Waals surface area contributed by atoms with Gasteiger partial charge in [0.1, 0.15) is 0 Å². The highest BCUT2D eigenvalue weighted by Crippen LogP contribution is 2.40. The van der Waals surface area contributed by atoms with Crippen molar-refractivity contribution < 1.29 is 24.3 Å². The first-order valence-electron chi connectivity index (χ1n) is 4.09. The summed E-state index contributed by atoms with van der Waals surface area (Å²) in [4.78, 5) is 27.9. The predicted molar refractivity (Wildman–Crippen MR) is 49.7 cm³/mol. The molecule has 0 aromatic rings. The number of allylic oxidation sites excluding steroid dienone is 2. The van der Waals surface area contributed by atoms with Crippen LogP contribution < -0.4 is 0 Å². The highest BCUT2D eigenvalue weighted by molar-refractivity contribution is 7.55. The molecule has 0 radical (unpaired) electrons. The van der Waals surface area contributed by atoms with Crippen LogP contribution in [0.2, 0.25) is 0 Å². The lowest BCUT2D eigenvalue weighted by molar-refractivity contribution is -0.132. The Labute approximate surface area is 80.9 Å². The number of carbonyl (C=O) groups is 1. The van der Waals surface area contributed by atoms with Gasteiger partial charge in [0.25, 0.3) is 0 Å². The van der Waals surface area contributed by atoms with Crippen LogP contribution in [-0.2, 0) is 9.36 Å². The van der Waals surface area contributed by atoms with Gasteiger partial charge in [-0.2, -0.15) is 0 Å². The predicted octanol–water partition coefficient (Wildman–Crippen LogP) is 1.24. The molecule has 6 heteroatoms. The van der Waals surface area contributed by atoms with Gasteiger partial charge in [-0.3, -0.25) is 4.57 Å². The minimum Gasteiger partial charge on any atom is -0.478 e. The topological polar surface area (TPSA) is 94.8 Å². The van der Waals surface area contributed by atoms with E-state index in [9.17, 15) is 9.36 Å². The SMILES string of the molecule is O=C(O)C1=C/C(=C/P(=O)(O)O)CCC1. The third kappa shape index (κ3) is 3.46. The molecule has 1 aliphatic rings. The van der Waals surface area contributed by atoms with Crippen molar-refractivity contribution >= 4 is 13.6 Å². The van der Waals surface area contributed by atoms with Crippen LogP contribution in [0.5, 0.6) is 0 Å². The van der Waals surface area contributed by atoms with E-state index < -0.39 is 13.6 Å². The Bertz CT molecular complexity index is 349. The van der Waals surface area contributed by atoms with Crippen molar-refractivity contribution in [3.8, 4) is 0 Å². The molecule has 0 bridgehead atoms. The zero-order valence-electron chi connectivity index (χ0n) is 7.38. The summed E-state index contributed by atoms with van der Waals surface area (Å²) in [5, 5.41) is 8.66. The van der Waals surface area contributed by atoms with Crippen molar-refractivity contribution in [3.05, 3.63) is 23.0 Å². The number of carboxylic acids is 1. The minimum absolute atomic E-state index is 0.205. The molecule has 0 aromatic heterocycles. The fourth-order valence-corrected chi connectivity index (χ4v) is 1.97. The summed E-state index contributed by atoms with van der Waals surface area (Å²) in [6.45, 7) is 0. The maximum Gasteiger partial charge on any atom is 0.349 e. The molecule has 78 valence electrons. The van der Waals surface area contributed by atoms with E-state index in [2.05, 4.69) is 0 Å². The van der Waals surface area contributed by atoms with Crippen LogP contribution in [0.1, 0.15) is 19.3 Å². The summed E-state index contributed by atoms with van der Waals surface area (Å²) < 4.78 is 10.6. The molecule has 0 heterocycles. The van der Waals surface area contributed by atoms with Gasteiger partial charge in [0, 0.05) is 11.4 Å². The van der Waals surface area contributed by atoms with E-state index in [1.165, 1.54) is 6.08 Å². The normalized spacial score (nSPS) is 20.7. The van der Waals surface area contributed by atoms with Crippen molar-refractivity contribution in [1.29, 1.82) is 0 Å². The molecule has 0 aliphatic heterocycles. The average Bonchev–Trinajstić information content (AvgIpc) is 2.01. The van der Waals surface area contributed by atoms with Gasteiger partial charge >= 0.3 is 13.6 Å². The lowest BCUT2D eigenvalue weighted by Crippen LogP contribution is -2.05. The van der Waals surface area contributed by atoms with Gasteiger partial charge in [0.05, 0.1) is 0 Å². The van der Waals surface area contributed by atoms with Crippen LogP contribution in [0.25, 0.3) is 0 Å². The van der Waals surface area contributed by atoms with E-state index in [4.69, 9.17) is 14.9 Å². The van der Waals surface area contributed by atoms with Gasteiger partial charge in [-0.1, -0.05) is 0 Å². The van der Waals surface area contributed by atoms with Gasteiger partial charge in [-0.25, -0.2) is 4.79 Å². The Morgan fingerprint density at radius 2 is 2.07 bits per heavy atom. The first-order chi connectivity index (χ1) is 6.38. The van der Waals surface area contributed by atoms with Gasteiger partial charge in [0.15, 0.2) is 0 Å². The molecule has 0 saturated carbocycles. The fraction of sp³-hybridized carbons (Fsp3) is 0.375. The quantitative estimate of drug-likeness (QED) is 0.606. The molecule has 0 unspecified atom stereocenters. The summed E-state index contributed by atoms with van der Waals surface area (Å²) >= 11 is 0. The minimum atomic E-state index is -4.19. The summed E-state index contributed by atoms with van der Waals surface area (Å²) in [6, 6.07) is 0. The Morgan fingerprint density at radius 3 is 2.57 bits per heavy atom. The molecular formula is C8H11O5P. The summed E-state index contributed by atoms with van der Waals surface area (Å²) in [5.41, 5.74) is 0.609. The maximum absolute atomic E-state index is 10.6. The molecule has 0 saturated heterocycles. The standard InChI is InChI=1S/C8H11O5P/c9-8(10)7-3-1-2-6(4-7)5-14(11,12)13/h4-5H,1-3H2,(H,9,10)(H2,11,12,13)/b6-5+. The number of aliphatic carboxylic acids is 1. The van der Waals surface area contributed by atoms with Crippen molar-refractivity contribution in [2.45, 2.75) is 19.3 Å². The van der Waals surface area contributed by atoms with Crippen molar-refractivity contribution in [2.24, 2.45) is 0 Å². The molecule has 14 heavy (non-hydrogen) atoms. The van der Waals surface area contributed by atoms with Gasteiger partial charge in [0.2, 0.25) is 0 Å². The first kappa shape index (κ1) is 11.2. The highest BCUT2D eigenvalue weighted by atomic mass is 31.2. The van der Waals surface area contributed by atoms with E-state index >= 15 is 0 Å². The smallest absolute Gasteiger partial charge is 0.349 e. The molecule has 0 fully saturated rings. The zero-order valence-corrected chi connectivity index (χ0v) is 8.28. The average molecular weight is 218 g/mol. The summed E-state index contributed by atoms with van der Waals surface area (Å²) in [5.74, 6) is -0.198. The largest absolute Gasteiger partial charge is 0.478 e. The Balaban J connectivity index is 2.93. The Hall–Kier alpha value is -0.900. The second kappa shape index (κ2) is 4.09. The number of carboxylic acid groups (broad SMARTS) is 1. The van der Waals surface area contributed by atoms with Crippen LogP contribution in [0.4, 0.5) is 0 Å². The second-order valence-corrected chi connectivity index (χ2v) is 4.56. The maximum atomic E-state index is 10.6. The van der Waals surface area contributed by atoms with Crippen LogP contribution in [0.15, 0.2) is 23.0 Å². The van der Waals surface area contributed by atoms with Gasteiger partial charge < -0.3 is 14.9 Å². The van der Waals surface area contributed by atoms with E-state index in [-0.39, 0.29) is 5.57 Å². The zero-order chi connectivity index (χ0) is 10.8. The number of hydrogen-bond acceptors (Lipinski definition) is 2. The molecule has 0 spiro atoms. The molecule has 3 N–H and O–H groups in total. The van der Waals surface area contributed by atoms with Crippen LogP contribution in [-0.4, -0.2) is 20.9 Å².